The van der Waals surface area contributed by atoms with Gasteiger partial charge < -0.3 is 9.47 Å². The maximum atomic E-state index is 13.2. The molecule has 0 spiro atoms. The zero-order valence-corrected chi connectivity index (χ0v) is 27.0. The summed E-state index contributed by atoms with van der Waals surface area (Å²) < 4.78 is 39.6. The number of amides is 1. The standard InChI is InChI=1S/C34H31N3O5S3/c1-24-32(44-34(35-24)27-8-4-2-5-9-27)33(38)36-45(39,40)29-15-12-25(13-16-29)21-37(18-19-43-28-10-6-3-7-11-28)22-26-14-17-30-31(20-26)42-23-41-30/h2-17,20H,18-19,21-23H2,1H3,(H,36,38). The van der Waals surface area contributed by atoms with E-state index in [1.54, 1.807) is 30.8 Å². The quantitative estimate of drug-likeness (QED) is 0.147. The number of nitrogens with zero attached hydrogens (tertiary/aromatic N) is 2. The van der Waals surface area contributed by atoms with Crippen molar-refractivity contribution in [2.75, 3.05) is 19.1 Å². The fourth-order valence-electron chi connectivity index (χ4n) is 4.89. The number of hydrogen-bond acceptors (Lipinski definition) is 9. The van der Waals surface area contributed by atoms with Crippen LogP contribution in [0, 0.1) is 6.92 Å². The Morgan fingerprint density at radius 2 is 1.56 bits per heavy atom. The molecule has 11 heteroatoms. The topological polar surface area (TPSA) is 97.8 Å². The third kappa shape index (κ3) is 7.74. The molecule has 1 amide bonds. The number of carbonyl (C=O) groups excluding carboxylic acids is 1. The lowest BCUT2D eigenvalue weighted by molar-refractivity contribution is 0.0984. The van der Waals surface area contributed by atoms with Gasteiger partial charge in [-0.05, 0) is 54.4 Å². The van der Waals surface area contributed by atoms with E-state index in [1.807, 2.05) is 66.7 Å². The van der Waals surface area contributed by atoms with Crippen molar-refractivity contribution in [3.05, 3.63) is 125 Å². The lowest BCUT2D eigenvalue weighted by Crippen LogP contribution is -2.30. The normalized spacial score (nSPS) is 12.4. The number of fused-ring (bicyclic) bond motifs is 1. The zero-order valence-electron chi connectivity index (χ0n) is 24.5. The van der Waals surface area contributed by atoms with E-state index in [0.29, 0.717) is 23.8 Å². The number of thiazole rings is 1. The van der Waals surface area contributed by atoms with Gasteiger partial charge in [0.25, 0.3) is 15.9 Å². The second kappa shape index (κ2) is 13.9. The van der Waals surface area contributed by atoms with Gasteiger partial charge >= 0.3 is 0 Å². The fourth-order valence-corrected chi connectivity index (χ4v) is 7.82. The van der Waals surface area contributed by atoms with Gasteiger partial charge in [-0.15, -0.1) is 23.1 Å². The van der Waals surface area contributed by atoms with E-state index in [4.69, 9.17) is 9.47 Å². The largest absolute Gasteiger partial charge is 0.454 e. The van der Waals surface area contributed by atoms with Gasteiger partial charge in [-0.2, -0.15) is 0 Å². The van der Waals surface area contributed by atoms with Crippen LogP contribution >= 0.6 is 23.1 Å². The molecule has 1 N–H and O–H groups in total. The minimum Gasteiger partial charge on any atom is -0.454 e. The minimum absolute atomic E-state index is 0.0204. The van der Waals surface area contributed by atoms with E-state index in [2.05, 4.69) is 26.7 Å². The maximum Gasteiger partial charge on any atom is 0.277 e. The number of nitrogens with one attached hydrogen (secondary N) is 1. The van der Waals surface area contributed by atoms with E-state index >= 15 is 0 Å². The first-order valence-corrected chi connectivity index (χ1v) is 17.6. The van der Waals surface area contributed by atoms with Crippen molar-refractivity contribution in [1.29, 1.82) is 0 Å². The number of aryl methyl sites for hydroxylation is 1. The molecule has 8 nitrogen and oxygen atoms in total. The third-order valence-electron chi connectivity index (χ3n) is 7.15. The molecule has 0 aliphatic carbocycles. The van der Waals surface area contributed by atoms with Crippen LogP contribution in [0.5, 0.6) is 11.5 Å². The monoisotopic (exact) mass is 657 g/mol. The molecule has 230 valence electrons. The summed E-state index contributed by atoms with van der Waals surface area (Å²) in [6.07, 6.45) is 0. The second-order valence-corrected chi connectivity index (χ2v) is 14.3. The molecule has 1 aliphatic rings. The van der Waals surface area contributed by atoms with Crippen molar-refractivity contribution < 1.29 is 22.7 Å². The van der Waals surface area contributed by atoms with Crippen LogP contribution in [-0.4, -0.2) is 43.3 Å². The van der Waals surface area contributed by atoms with Crippen molar-refractivity contribution in [3.63, 3.8) is 0 Å². The SMILES string of the molecule is Cc1nc(-c2ccccc2)sc1C(=O)NS(=O)(=O)c1ccc(CN(CCSc2ccccc2)Cc2ccc3c(c2)OCO3)cc1. The van der Waals surface area contributed by atoms with Crippen molar-refractivity contribution in [1.82, 2.24) is 14.6 Å². The Kier molecular flexibility index (Phi) is 9.50. The smallest absolute Gasteiger partial charge is 0.277 e. The minimum atomic E-state index is -4.09. The molecule has 6 rings (SSSR count). The van der Waals surface area contributed by atoms with E-state index in [-0.39, 0.29) is 16.6 Å². The molecule has 0 bridgehead atoms. The molecular weight excluding hydrogens is 627 g/mol. The number of rotatable bonds is 12. The number of aromatic nitrogens is 1. The molecular formula is C34H31N3O5S3. The van der Waals surface area contributed by atoms with E-state index in [1.165, 1.54) is 28.4 Å². The van der Waals surface area contributed by atoms with Crippen molar-refractivity contribution in [2.45, 2.75) is 29.8 Å². The maximum absolute atomic E-state index is 13.2. The Labute approximate surface area is 271 Å². The lowest BCUT2D eigenvalue weighted by atomic mass is 10.1. The summed E-state index contributed by atoms with van der Waals surface area (Å²) in [5, 5.41) is 0.660. The number of sulfonamides is 1. The first kappa shape index (κ1) is 30.8. The third-order valence-corrected chi connectivity index (χ3v) is 10.7. The van der Waals surface area contributed by atoms with Crippen LogP contribution in [0.25, 0.3) is 10.6 Å². The molecule has 0 saturated heterocycles. The van der Waals surface area contributed by atoms with Gasteiger partial charge in [0.15, 0.2) is 11.5 Å². The zero-order chi connectivity index (χ0) is 31.2. The average Bonchev–Trinajstić information content (AvgIpc) is 3.68. The van der Waals surface area contributed by atoms with Gasteiger partial charge in [0.1, 0.15) is 9.88 Å². The first-order chi connectivity index (χ1) is 21.8. The van der Waals surface area contributed by atoms with Crippen LogP contribution in [0.4, 0.5) is 0 Å². The van der Waals surface area contributed by atoms with Crippen molar-refractivity contribution in [2.24, 2.45) is 0 Å². The van der Waals surface area contributed by atoms with Crippen LogP contribution in [0.3, 0.4) is 0 Å². The van der Waals surface area contributed by atoms with E-state index in [9.17, 15) is 13.2 Å². The Morgan fingerprint density at radius 1 is 0.889 bits per heavy atom. The number of hydrogen-bond donors (Lipinski definition) is 1. The molecule has 1 aromatic heterocycles. The summed E-state index contributed by atoms with van der Waals surface area (Å²) in [6, 6.07) is 32.4. The highest BCUT2D eigenvalue weighted by Gasteiger charge is 2.23. The molecule has 0 radical (unpaired) electrons. The molecule has 0 saturated carbocycles. The number of ether oxygens (including phenoxy) is 2. The van der Waals surface area contributed by atoms with Gasteiger partial charge in [-0.1, -0.05) is 66.7 Å². The van der Waals surface area contributed by atoms with Crippen LogP contribution in [0.15, 0.2) is 113 Å². The number of thioether (sulfide) groups is 1. The van der Waals surface area contributed by atoms with Gasteiger partial charge in [0, 0.05) is 35.8 Å². The molecule has 45 heavy (non-hydrogen) atoms. The highest BCUT2D eigenvalue weighted by atomic mass is 32.2. The summed E-state index contributed by atoms with van der Waals surface area (Å²) >= 11 is 2.96. The van der Waals surface area contributed by atoms with E-state index in [0.717, 1.165) is 40.5 Å². The number of carbonyl (C=O) groups is 1. The van der Waals surface area contributed by atoms with Crippen molar-refractivity contribution >= 4 is 39.0 Å². The van der Waals surface area contributed by atoms with Crippen molar-refractivity contribution in [3.8, 4) is 22.1 Å². The Morgan fingerprint density at radius 3 is 2.31 bits per heavy atom. The highest BCUT2D eigenvalue weighted by molar-refractivity contribution is 7.99. The van der Waals surface area contributed by atoms with E-state index < -0.39 is 15.9 Å². The van der Waals surface area contributed by atoms with Crippen LogP contribution < -0.4 is 14.2 Å². The Balaban J connectivity index is 1.13. The lowest BCUT2D eigenvalue weighted by Gasteiger charge is -2.23. The van der Waals surface area contributed by atoms with Gasteiger partial charge in [0.05, 0.1) is 10.6 Å². The molecule has 0 fully saturated rings. The van der Waals surface area contributed by atoms with Gasteiger partial charge in [-0.25, -0.2) is 18.1 Å². The Hall–Kier alpha value is -4.16. The summed E-state index contributed by atoms with van der Waals surface area (Å²) in [4.78, 5) is 21.3. The average molecular weight is 658 g/mol. The number of benzene rings is 4. The highest BCUT2D eigenvalue weighted by Crippen LogP contribution is 2.33. The molecule has 5 aromatic rings. The van der Waals surface area contributed by atoms with Crippen LogP contribution in [0.2, 0.25) is 0 Å². The Bertz CT molecular complexity index is 1880. The molecule has 4 aromatic carbocycles. The molecule has 1 aliphatic heterocycles. The predicted octanol–water partition coefficient (Wildman–Crippen LogP) is 6.76. The van der Waals surface area contributed by atoms with Gasteiger partial charge in [0.2, 0.25) is 6.79 Å². The molecule has 2 heterocycles. The van der Waals surface area contributed by atoms with Gasteiger partial charge in [-0.3, -0.25) is 9.69 Å². The van der Waals surface area contributed by atoms with Crippen LogP contribution in [-0.2, 0) is 23.1 Å². The molecule has 0 unspecified atom stereocenters. The fraction of sp³-hybridized carbons (Fsp3) is 0.176. The first-order valence-electron chi connectivity index (χ1n) is 14.3. The summed E-state index contributed by atoms with van der Waals surface area (Å²) in [7, 11) is -4.09. The summed E-state index contributed by atoms with van der Waals surface area (Å²) in [6.45, 7) is 4.03. The molecule has 0 atom stereocenters. The predicted molar refractivity (Wildman–Crippen MR) is 177 cm³/mol. The summed E-state index contributed by atoms with van der Waals surface area (Å²) in [5.41, 5.74) is 3.40. The van der Waals surface area contributed by atoms with Crippen LogP contribution in [0.1, 0.15) is 26.5 Å². The summed E-state index contributed by atoms with van der Waals surface area (Å²) in [5.74, 6) is 1.68. The second-order valence-electron chi connectivity index (χ2n) is 10.4.